The Balaban J connectivity index is 2.07. The number of carbonyl (C=O) groups excluding carboxylic acids is 2. The summed E-state index contributed by atoms with van der Waals surface area (Å²) in [7, 11) is -4.09. The molecule has 0 saturated carbocycles. The molecule has 0 spiro atoms. The Morgan fingerprint density at radius 3 is 2.08 bits per heavy atom. The third-order valence-electron chi connectivity index (χ3n) is 6.21. The van der Waals surface area contributed by atoms with E-state index in [4.69, 9.17) is 0 Å². The van der Waals surface area contributed by atoms with Gasteiger partial charge in [-0.25, -0.2) is 8.42 Å². The number of nitrogens with zero attached hydrogens (tertiary/aromatic N) is 2. The molecule has 0 unspecified atom stereocenters. The summed E-state index contributed by atoms with van der Waals surface area (Å²) in [6, 6.07) is 21.6. The minimum Gasteiger partial charge on any atom is -0.350 e. The summed E-state index contributed by atoms with van der Waals surface area (Å²) in [6.45, 7) is 9.14. The number of amides is 2. The molecular formula is C30H36BrN3O4S. The van der Waals surface area contributed by atoms with E-state index in [9.17, 15) is 18.0 Å². The molecule has 0 aliphatic rings. The second-order valence-corrected chi connectivity index (χ2v) is 13.2. The van der Waals surface area contributed by atoms with Crippen LogP contribution in [-0.2, 0) is 26.2 Å². The van der Waals surface area contributed by atoms with Crippen molar-refractivity contribution in [1.29, 1.82) is 0 Å². The lowest BCUT2D eigenvalue weighted by Gasteiger charge is -2.35. The van der Waals surface area contributed by atoms with E-state index >= 15 is 0 Å². The number of sulfonamides is 1. The predicted octanol–water partition coefficient (Wildman–Crippen LogP) is 5.67. The van der Waals surface area contributed by atoms with Gasteiger partial charge in [0.25, 0.3) is 10.0 Å². The summed E-state index contributed by atoms with van der Waals surface area (Å²) >= 11 is 3.39. The van der Waals surface area contributed by atoms with E-state index in [1.807, 2.05) is 58.9 Å². The van der Waals surface area contributed by atoms with E-state index in [1.165, 1.54) is 17.0 Å². The molecule has 0 fully saturated rings. The van der Waals surface area contributed by atoms with E-state index in [1.54, 1.807) is 42.5 Å². The standard InChI is InChI=1S/C30H36BrN3O4S/c1-6-27(29(36)32-30(3,4)5)33(20-23-13-11-10-12-22(23)2)28(35)21-34(25-18-16-24(31)17-19-25)39(37,38)26-14-8-7-9-15-26/h7-19,27H,6,20-21H2,1-5H3,(H,32,36)/t27-/m1/s1. The highest BCUT2D eigenvalue weighted by Crippen LogP contribution is 2.26. The first kappa shape index (κ1) is 30.4. The SMILES string of the molecule is CC[C@H](C(=O)NC(C)(C)C)N(Cc1ccccc1C)C(=O)CN(c1ccc(Br)cc1)S(=O)(=O)c1ccccc1. The number of anilines is 1. The highest BCUT2D eigenvalue weighted by Gasteiger charge is 2.34. The third-order valence-corrected chi connectivity index (χ3v) is 8.53. The average Bonchev–Trinajstić information content (AvgIpc) is 2.88. The Hall–Kier alpha value is -3.17. The van der Waals surface area contributed by atoms with Gasteiger partial charge in [-0.2, -0.15) is 0 Å². The van der Waals surface area contributed by atoms with Gasteiger partial charge in [0.1, 0.15) is 12.6 Å². The second kappa shape index (κ2) is 12.8. The highest BCUT2D eigenvalue weighted by atomic mass is 79.9. The highest BCUT2D eigenvalue weighted by molar-refractivity contribution is 9.10. The molecule has 0 saturated heterocycles. The van der Waals surface area contributed by atoms with Gasteiger partial charge in [0.2, 0.25) is 11.8 Å². The van der Waals surface area contributed by atoms with Crippen LogP contribution in [0.4, 0.5) is 5.69 Å². The molecule has 0 aromatic heterocycles. The summed E-state index contributed by atoms with van der Waals surface area (Å²) in [4.78, 5) is 29.0. The zero-order chi connectivity index (χ0) is 28.8. The molecule has 0 radical (unpaired) electrons. The molecule has 39 heavy (non-hydrogen) atoms. The van der Waals surface area contributed by atoms with Gasteiger partial charge in [-0.3, -0.25) is 13.9 Å². The molecule has 0 heterocycles. The lowest BCUT2D eigenvalue weighted by atomic mass is 10.0. The van der Waals surface area contributed by atoms with Gasteiger partial charge in [0.05, 0.1) is 10.6 Å². The maximum Gasteiger partial charge on any atom is 0.264 e. The molecule has 2 amide bonds. The summed E-state index contributed by atoms with van der Waals surface area (Å²) in [5.41, 5.74) is 1.71. The molecule has 0 bridgehead atoms. The molecule has 7 nitrogen and oxygen atoms in total. The zero-order valence-electron chi connectivity index (χ0n) is 23.0. The number of nitrogens with one attached hydrogen (secondary N) is 1. The minimum absolute atomic E-state index is 0.0729. The van der Waals surface area contributed by atoms with Crippen LogP contribution in [0.15, 0.2) is 88.2 Å². The maximum absolute atomic E-state index is 14.1. The minimum atomic E-state index is -4.09. The van der Waals surface area contributed by atoms with Crippen molar-refractivity contribution in [2.75, 3.05) is 10.8 Å². The first-order valence-electron chi connectivity index (χ1n) is 12.8. The monoisotopic (exact) mass is 613 g/mol. The van der Waals surface area contributed by atoms with Crippen LogP contribution in [0.2, 0.25) is 0 Å². The van der Waals surface area contributed by atoms with Crippen molar-refractivity contribution >= 4 is 43.5 Å². The number of hydrogen-bond donors (Lipinski definition) is 1. The van der Waals surface area contributed by atoms with Gasteiger partial charge in [-0.05, 0) is 81.6 Å². The quantitative estimate of drug-likeness (QED) is 0.319. The Morgan fingerprint density at radius 1 is 0.923 bits per heavy atom. The average molecular weight is 615 g/mol. The van der Waals surface area contributed by atoms with Gasteiger partial charge >= 0.3 is 0 Å². The van der Waals surface area contributed by atoms with Crippen LogP contribution < -0.4 is 9.62 Å². The summed E-state index contributed by atoms with van der Waals surface area (Å²) in [5.74, 6) is -0.760. The second-order valence-electron chi connectivity index (χ2n) is 10.4. The smallest absolute Gasteiger partial charge is 0.264 e. The van der Waals surface area contributed by atoms with Crippen molar-refractivity contribution in [2.24, 2.45) is 0 Å². The Morgan fingerprint density at radius 2 is 1.51 bits per heavy atom. The van der Waals surface area contributed by atoms with Crippen molar-refractivity contribution in [2.45, 2.75) is 64.1 Å². The van der Waals surface area contributed by atoms with Crippen molar-refractivity contribution < 1.29 is 18.0 Å². The first-order valence-corrected chi connectivity index (χ1v) is 15.1. The topological polar surface area (TPSA) is 86.8 Å². The lowest BCUT2D eigenvalue weighted by Crippen LogP contribution is -2.55. The molecular weight excluding hydrogens is 578 g/mol. The van der Waals surface area contributed by atoms with Gasteiger partial charge in [0, 0.05) is 16.6 Å². The zero-order valence-corrected chi connectivity index (χ0v) is 25.4. The van der Waals surface area contributed by atoms with Crippen molar-refractivity contribution in [3.63, 3.8) is 0 Å². The fourth-order valence-electron chi connectivity index (χ4n) is 4.20. The molecule has 3 rings (SSSR count). The van der Waals surface area contributed by atoms with Gasteiger partial charge in [-0.15, -0.1) is 0 Å². The third kappa shape index (κ3) is 7.92. The van der Waals surface area contributed by atoms with Gasteiger partial charge < -0.3 is 10.2 Å². The molecule has 1 atom stereocenters. The van der Waals surface area contributed by atoms with Crippen LogP contribution in [-0.4, -0.2) is 43.3 Å². The van der Waals surface area contributed by atoms with E-state index < -0.39 is 34.1 Å². The van der Waals surface area contributed by atoms with Crippen LogP contribution in [0.5, 0.6) is 0 Å². The molecule has 0 aliphatic carbocycles. The predicted molar refractivity (Wildman–Crippen MR) is 159 cm³/mol. The van der Waals surface area contributed by atoms with Crippen molar-refractivity contribution in [3.8, 4) is 0 Å². The van der Waals surface area contributed by atoms with Crippen LogP contribution >= 0.6 is 15.9 Å². The van der Waals surface area contributed by atoms with Crippen LogP contribution in [0, 0.1) is 6.92 Å². The number of benzene rings is 3. The van der Waals surface area contributed by atoms with Crippen molar-refractivity contribution in [3.05, 3.63) is 94.5 Å². The van der Waals surface area contributed by atoms with Gasteiger partial charge in [0.15, 0.2) is 0 Å². The largest absolute Gasteiger partial charge is 0.350 e. The summed E-state index contributed by atoms with van der Waals surface area (Å²) < 4.78 is 29.5. The maximum atomic E-state index is 14.1. The number of rotatable bonds is 10. The molecule has 3 aromatic carbocycles. The molecule has 0 aliphatic heterocycles. The van der Waals surface area contributed by atoms with Crippen LogP contribution in [0.3, 0.4) is 0 Å². The van der Waals surface area contributed by atoms with E-state index in [2.05, 4.69) is 21.2 Å². The lowest BCUT2D eigenvalue weighted by molar-refractivity contribution is -0.141. The van der Waals surface area contributed by atoms with E-state index in [0.717, 1.165) is 19.9 Å². The fourth-order valence-corrected chi connectivity index (χ4v) is 5.90. The van der Waals surface area contributed by atoms with Crippen molar-refractivity contribution in [1.82, 2.24) is 10.2 Å². The Kier molecular flexibility index (Phi) is 9.96. The van der Waals surface area contributed by atoms with Crippen LogP contribution in [0.25, 0.3) is 0 Å². The summed E-state index contributed by atoms with van der Waals surface area (Å²) in [5, 5.41) is 2.98. The molecule has 3 aromatic rings. The molecule has 1 N–H and O–H groups in total. The number of carbonyl (C=O) groups is 2. The number of hydrogen-bond acceptors (Lipinski definition) is 4. The molecule has 208 valence electrons. The number of halogens is 1. The molecule has 9 heteroatoms. The summed E-state index contributed by atoms with van der Waals surface area (Å²) in [6.07, 6.45) is 0.364. The fraction of sp³-hybridized carbons (Fsp3) is 0.333. The normalized spacial score (nSPS) is 12.5. The Bertz CT molecular complexity index is 1390. The Labute approximate surface area is 240 Å². The van der Waals surface area contributed by atoms with E-state index in [-0.39, 0.29) is 17.3 Å². The van der Waals surface area contributed by atoms with Crippen LogP contribution in [0.1, 0.15) is 45.2 Å². The van der Waals surface area contributed by atoms with E-state index in [0.29, 0.717) is 12.1 Å². The van der Waals surface area contributed by atoms with Gasteiger partial charge in [-0.1, -0.05) is 65.3 Å². The number of aryl methyl sites for hydroxylation is 1. The first-order chi connectivity index (χ1) is 18.3.